The number of hydrogen-bond acceptors (Lipinski definition) is 4. The monoisotopic (exact) mass is 290 g/mol. The van der Waals surface area contributed by atoms with Crippen LogP contribution in [0, 0.1) is 0 Å². The summed E-state index contributed by atoms with van der Waals surface area (Å²) in [7, 11) is 0. The van der Waals surface area contributed by atoms with E-state index in [1.54, 1.807) is 12.1 Å². The van der Waals surface area contributed by atoms with Gasteiger partial charge in [-0.1, -0.05) is 22.0 Å². The Morgan fingerprint density at radius 3 is 2.80 bits per heavy atom. The standard InChI is InChI=1S/C8H11BrN4OS/c9-6-2-1-3-7(5(6)4-14)13(11)8(15)12-10/h1-3,14H,4,10-11H2,(H,12,15). The number of rotatable bonds is 2. The van der Waals surface area contributed by atoms with Gasteiger partial charge in [-0.15, -0.1) is 0 Å². The summed E-state index contributed by atoms with van der Waals surface area (Å²) in [6.07, 6.45) is 0. The third-order valence-electron chi connectivity index (χ3n) is 1.85. The van der Waals surface area contributed by atoms with Crippen molar-refractivity contribution in [2.45, 2.75) is 6.61 Å². The fraction of sp³-hybridized carbons (Fsp3) is 0.125. The molecule has 0 amide bonds. The second-order valence-corrected chi connectivity index (χ2v) is 3.96. The molecular formula is C8H11BrN4OS. The molecule has 82 valence electrons. The van der Waals surface area contributed by atoms with E-state index in [0.29, 0.717) is 11.3 Å². The third kappa shape index (κ3) is 2.64. The summed E-state index contributed by atoms with van der Waals surface area (Å²) < 4.78 is 0.762. The Bertz CT molecular complexity index is 374. The molecule has 5 nitrogen and oxygen atoms in total. The molecule has 0 aromatic heterocycles. The predicted octanol–water partition coefficient (Wildman–Crippen LogP) is 0.370. The van der Waals surface area contributed by atoms with Crippen LogP contribution in [0.5, 0.6) is 0 Å². The summed E-state index contributed by atoms with van der Waals surface area (Å²) in [5.41, 5.74) is 3.51. The van der Waals surface area contributed by atoms with E-state index in [2.05, 4.69) is 21.4 Å². The number of thiocarbonyl (C=S) groups is 1. The average molecular weight is 291 g/mol. The lowest BCUT2D eigenvalue weighted by Crippen LogP contribution is -2.47. The van der Waals surface area contributed by atoms with Gasteiger partial charge in [-0.25, -0.2) is 11.7 Å². The van der Waals surface area contributed by atoms with Crippen LogP contribution in [-0.2, 0) is 6.61 Å². The Morgan fingerprint density at radius 2 is 2.27 bits per heavy atom. The van der Waals surface area contributed by atoms with Gasteiger partial charge in [0.1, 0.15) is 0 Å². The molecule has 0 aliphatic heterocycles. The first-order valence-corrected chi connectivity index (χ1v) is 5.25. The molecule has 0 spiro atoms. The van der Waals surface area contributed by atoms with E-state index in [4.69, 9.17) is 23.9 Å². The van der Waals surface area contributed by atoms with Crippen LogP contribution in [0.4, 0.5) is 5.69 Å². The lowest BCUT2D eigenvalue weighted by Gasteiger charge is -2.21. The van der Waals surface area contributed by atoms with Gasteiger partial charge in [0, 0.05) is 10.0 Å². The van der Waals surface area contributed by atoms with Crippen molar-refractivity contribution >= 4 is 38.9 Å². The second-order valence-electron chi connectivity index (χ2n) is 2.72. The molecule has 0 unspecified atom stereocenters. The predicted molar refractivity (Wildman–Crippen MR) is 66.7 cm³/mol. The molecule has 0 saturated heterocycles. The maximum atomic E-state index is 9.20. The molecule has 0 saturated carbocycles. The molecule has 0 aliphatic carbocycles. The van der Waals surface area contributed by atoms with Crippen LogP contribution in [0.15, 0.2) is 22.7 Å². The Labute approximate surface area is 101 Å². The minimum absolute atomic E-state index is 0.141. The first-order chi connectivity index (χ1) is 7.11. The SMILES string of the molecule is NNC(=S)N(N)c1cccc(Br)c1CO. The molecule has 1 aromatic carbocycles. The highest BCUT2D eigenvalue weighted by atomic mass is 79.9. The van der Waals surface area contributed by atoms with Gasteiger partial charge in [0.15, 0.2) is 0 Å². The number of benzene rings is 1. The number of anilines is 1. The fourth-order valence-corrected chi connectivity index (χ4v) is 1.69. The first kappa shape index (κ1) is 12.3. The second kappa shape index (κ2) is 5.38. The largest absolute Gasteiger partial charge is 0.392 e. The first-order valence-electron chi connectivity index (χ1n) is 4.05. The quantitative estimate of drug-likeness (QED) is 0.358. The average Bonchev–Trinajstić information content (AvgIpc) is 2.26. The number of nitrogens with two attached hydrogens (primary N) is 2. The van der Waals surface area contributed by atoms with Crippen molar-refractivity contribution < 1.29 is 5.11 Å². The molecular weight excluding hydrogens is 280 g/mol. The van der Waals surface area contributed by atoms with Crippen molar-refractivity contribution in [1.82, 2.24) is 5.43 Å². The van der Waals surface area contributed by atoms with Gasteiger partial charge in [0.05, 0.1) is 12.3 Å². The van der Waals surface area contributed by atoms with Gasteiger partial charge in [-0.3, -0.25) is 10.4 Å². The lowest BCUT2D eigenvalue weighted by molar-refractivity contribution is 0.281. The van der Waals surface area contributed by atoms with E-state index in [1.807, 2.05) is 6.07 Å². The molecule has 0 bridgehead atoms. The third-order valence-corrected chi connectivity index (χ3v) is 2.91. The smallest absolute Gasteiger partial charge is 0.202 e. The van der Waals surface area contributed by atoms with Crippen LogP contribution in [0.3, 0.4) is 0 Å². The van der Waals surface area contributed by atoms with Crippen LogP contribution in [-0.4, -0.2) is 10.2 Å². The highest BCUT2D eigenvalue weighted by Crippen LogP contribution is 2.26. The molecule has 15 heavy (non-hydrogen) atoms. The molecule has 1 aromatic rings. The van der Waals surface area contributed by atoms with Crippen LogP contribution in [0.2, 0.25) is 0 Å². The van der Waals surface area contributed by atoms with Crippen LogP contribution >= 0.6 is 28.1 Å². The minimum atomic E-state index is -0.141. The maximum Gasteiger partial charge on any atom is 0.202 e. The molecule has 0 fully saturated rings. The van der Waals surface area contributed by atoms with Crippen LogP contribution in [0.25, 0.3) is 0 Å². The highest BCUT2D eigenvalue weighted by molar-refractivity contribution is 9.10. The fourth-order valence-electron chi connectivity index (χ4n) is 1.11. The van der Waals surface area contributed by atoms with Gasteiger partial charge in [-0.2, -0.15) is 0 Å². The lowest BCUT2D eigenvalue weighted by atomic mass is 10.2. The summed E-state index contributed by atoms with van der Waals surface area (Å²) in [6.45, 7) is -0.141. The van der Waals surface area contributed by atoms with Crippen LogP contribution in [0.1, 0.15) is 5.56 Å². The molecule has 0 atom stereocenters. The number of hydrazine groups is 2. The van der Waals surface area contributed by atoms with E-state index >= 15 is 0 Å². The Kier molecular flexibility index (Phi) is 4.43. The summed E-state index contributed by atoms with van der Waals surface area (Å²) >= 11 is 8.19. The van der Waals surface area contributed by atoms with Gasteiger partial charge >= 0.3 is 0 Å². The van der Waals surface area contributed by atoms with Crippen molar-refractivity contribution in [1.29, 1.82) is 0 Å². The van der Waals surface area contributed by atoms with Gasteiger partial charge < -0.3 is 5.11 Å². The normalized spacial score (nSPS) is 9.87. The van der Waals surface area contributed by atoms with Crippen molar-refractivity contribution in [2.75, 3.05) is 5.01 Å². The molecule has 0 aliphatic rings. The Hall–Kier alpha value is -0.730. The van der Waals surface area contributed by atoms with Gasteiger partial charge in [-0.05, 0) is 24.4 Å². The molecule has 6 N–H and O–H groups in total. The van der Waals surface area contributed by atoms with Gasteiger partial charge in [0.2, 0.25) is 5.11 Å². The minimum Gasteiger partial charge on any atom is -0.392 e. The number of nitrogens with one attached hydrogen (secondary N) is 1. The van der Waals surface area contributed by atoms with Gasteiger partial charge in [0.25, 0.3) is 0 Å². The van der Waals surface area contributed by atoms with Crippen molar-refractivity contribution in [2.24, 2.45) is 11.7 Å². The van der Waals surface area contributed by atoms with E-state index in [-0.39, 0.29) is 11.7 Å². The Balaban J connectivity index is 3.13. The Morgan fingerprint density at radius 1 is 1.60 bits per heavy atom. The number of halogens is 1. The highest BCUT2D eigenvalue weighted by Gasteiger charge is 2.12. The van der Waals surface area contributed by atoms with Crippen LogP contribution < -0.4 is 22.1 Å². The van der Waals surface area contributed by atoms with E-state index in [1.165, 1.54) is 5.01 Å². The summed E-state index contributed by atoms with van der Waals surface area (Å²) in [6, 6.07) is 5.33. The summed E-state index contributed by atoms with van der Waals surface area (Å²) in [5.74, 6) is 10.9. The zero-order chi connectivity index (χ0) is 11.4. The summed E-state index contributed by atoms with van der Waals surface area (Å²) in [5, 5.41) is 10.6. The molecule has 1 rings (SSSR count). The number of aliphatic hydroxyl groups is 1. The van der Waals surface area contributed by atoms with E-state index < -0.39 is 0 Å². The van der Waals surface area contributed by atoms with Crippen molar-refractivity contribution in [3.8, 4) is 0 Å². The number of nitrogens with zero attached hydrogens (tertiary/aromatic N) is 1. The zero-order valence-corrected chi connectivity index (χ0v) is 10.2. The molecule has 0 heterocycles. The molecule has 0 radical (unpaired) electrons. The van der Waals surface area contributed by atoms with Crippen molar-refractivity contribution in [3.63, 3.8) is 0 Å². The maximum absolute atomic E-state index is 9.20. The topological polar surface area (TPSA) is 87.5 Å². The number of aliphatic hydroxyl groups excluding tert-OH is 1. The number of hydrogen-bond donors (Lipinski definition) is 4. The van der Waals surface area contributed by atoms with E-state index in [9.17, 15) is 5.11 Å². The zero-order valence-electron chi connectivity index (χ0n) is 7.77. The van der Waals surface area contributed by atoms with Crippen molar-refractivity contribution in [3.05, 3.63) is 28.2 Å². The summed E-state index contributed by atoms with van der Waals surface area (Å²) in [4.78, 5) is 0. The molecule has 7 heteroatoms. The van der Waals surface area contributed by atoms with E-state index in [0.717, 1.165) is 4.47 Å².